The maximum atomic E-state index is 6.96. The molecule has 0 spiro atoms. The third-order valence-electron chi connectivity index (χ3n) is 3.40. The highest BCUT2D eigenvalue weighted by Crippen LogP contribution is 2.45. The van der Waals surface area contributed by atoms with Crippen molar-refractivity contribution in [2.75, 3.05) is 0 Å². The fraction of sp³-hybridized carbons (Fsp3) is 0.727. The molecule has 2 aliphatic carbocycles. The largest absolute Gasteiger partial charge is 0.243 e. The molecule has 2 rings (SSSR count). The van der Waals surface area contributed by atoms with Gasteiger partial charge >= 0.3 is 0 Å². The van der Waals surface area contributed by atoms with E-state index in [1.807, 2.05) is 6.92 Å². The van der Waals surface area contributed by atoms with Crippen molar-refractivity contribution in [1.82, 2.24) is 0 Å². The van der Waals surface area contributed by atoms with E-state index in [1.54, 1.807) is 0 Å². The van der Waals surface area contributed by atoms with Gasteiger partial charge in [0.15, 0.2) is 5.70 Å². The van der Waals surface area contributed by atoms with Crippen LogP contribution in [0.4, 0.5) is 0 Å². The summed E-state index contributed by atoms with van der Waals surface area (Å²) < 4.78 is 0. The molecule has 2 atom stereocenters. The Morgan fingerprint density at radius 3 is 2.42 bits per heavy atom. The first-order chi connectivity index (χ1) is 5.79. The normalized spacial score (nSPS) is 33.2. The van der Waals surface area contributed by atoms with Crippen LogP contribution >= 0.6 is 0 Å². The van der Waals surface area contributed by atoms with Gasteiger partial charge in [-0.1, -0.05) is 5.57 Å². The maximum absolute atomic E-state index is 6.96. The van der Waals surface area contributed by atoms with E-state index in [9.17, 15) is 0 Å². The van der Waals surface area contributed by atoms with Crippen molar-refractivity contribution in [3.8, 4) is 0 Å². The third kappa shape index (κ3) is 1.27. The van der Waals surface area contributed by atoms with Crippen LogP contribution in [-0.4, -0.2) is 0 Å². The second-order valence-electron chi connectivity index (χ2n) is 4.25. The molecule has 0 radical (unpaired) electrons. The summed E-state index contributed by atoms with van der Waals surface area (Å²) in [7, 11) is 0. The molecule has 0 aromatic heterocycles. The van der Waals surface area contributed by atoms with Gasteiger partial charge in [-0.15, -0.1) is 0 Å². The highest BCUT2D eigenvalue weighted by molar-refractivity contribution is 5.21. The lowest BCUT2D eigenvalue weighted by atomic mass is 9.84. The van der Waals surface area contributed by atoms with E-state index in [0.29, 0.717) is 0 Å². The van der Waals surface area contributed by atoms with Gasteiger partial charge in [0.1, 0.15) is 0 Å². The van der Waals surface area contributed by atoms with Gasteiger partial charge in [-0.3, -0.25) is 0 Å². The first-order valence-electron chi connectivity index (χ1n) is 4.85. The van der Waals surface area contributed by atoms with Crippen LogP contribution in [0.25, 0.3) is 4.85 Å². The van der Waals surface area contributed by atoms with Crippen LogP contribution in [-0.2, 0) is 0 Å². The van der Waals surface area contributed by atoms with Gasteiger partial charge in [0.05, 0.1) is 6.57 Å². The Morgan fingerprint density at radius 1 is 1.33 bits per heavy atom. The number of fused-ring (bicyclic) bond motifs is 2. The summed E-state index contributed by atoms with van der Waals surface area (Å²) in [5.74, 6) is 1.85. The molecule has 2 fully saturated rings. The molecule has 1 nitrogen and oxygen atoms in total. The van der Waals surface area contributed by atoms with Crippen molar-refractivity contribution in [2.24, 2.45) is 11.8 Å². The zero-order valence-corrected chi connectivity index (χ0v) is 7.64. The van der Waals surface area contributed by atoms with Crippen LogP contribution in [0.15, 0.2) is 11.3 Å². The summed E-state index contributed by atoms with van der Waals surface area (Å²) >= 11 is 0. The van der Waals surface area contributed by atoms with Crippen molar-refractivity contribution in [3.63, 3.8) is 0 Å². The minimum Gasteiger partial charge on any atom is -0.243 e. The maximum Gasteiger partial charge on any atom is 0.161 e. The summed E-state index contributed by atoms with van der Waals surface area (Å²) in [5.41, 5.74) is 2.44. The van der Waals surface area contributed by atoms with Crippen LogP contribution in [0.5, 0.6) is 0 Å². The Morgan fingerprint density at radius 2 is 1.92 bits per heavy atom. The van der Waals surface area contributed by atoms with Crippen LogP contribution in [0.2, 0.25) is 0 Å². The van der Waals surface area contributed by atoms with Gasteiger partial charge < -0.3 is 0 Å². The Hall–Kier alpha value is -0.770. The fourth-order valence-electron chi connectivity index (χ4n) is 2.70. The molecule has 0 amide bonds. The molecule has 0 N–H and O–H groups in total. The molecule has 2 aliphatic rings. The van der Waals surface area contributed by atoms with E-state index in [4.69, 9.17) is 6.57 Å². The van der Waals surface area contributed by atoms with Gasteiger partial charge in [0, 0.05) is 0 Å². The summed E-state index contributed by atoms with van der Waals surface area (Å²) in [4.78, 5) is 3.54. The Balaban J connectivity index is 2.18. The quantitative estimate of drug-likeness (QED) is 0.480. The first kappa shape index (κ1) is 7.86. The van der Waals surface area contributed by atoms with E-state index in [2.05, 4.69) is 4.85 Å². The summed E-state index contributed by atoms with van der Waals surface area (Å²) in [6.45, 7) is 8.94. The Bertz CT molecular complexity index is 243. The molecule has 0 saturated heterocycles. The molecule has 1 heteroatoms. The predicted molar refractivity (Wildman–Crippen MR) is 49.4 cm³/mol. The lowest BCUT2D eigenvalue weighted by Gasteiger charge is -2.22. The lowest BCUT2D eigenvalue weighted by Crippen LogP contribution is -2.08. The first-order valence-corrected chi connectivity index (χ1v) is 4.85. The monoisotopic (exact) mass is 161 g/mol. The highest BCUT2D eigenvalue weighted by Gasteiger charge is 2.31. The van der Waals surface area contributed by atoms with Gasteiger partial charge in [0.25, 0.3) is 0 Å². The SMILES string of the molecule is [C-]#[N+]C(C)=C1CC2CCC(C1)C2. The minimum absolute atomic E-state index is 0.926. The summed E-state index contributed by atoms with van der Waals surface area (Å²) in [6.07, 6.45) is 6.73. The smallest absolute Gasteiger partial charge is 0.161 e. The van der Waals surface area contributed by atoms with Crippen LogP contribution < -0.4 is 0 Å². The van der Waals surface area contributed by atoms with Crippen LogP contribution in [0.3, 0.4) is 0 Å². The van der Waals surface area contributed by atoms with Gasteiger partial charge in [-0.25, -0.2) is 4.85 Å². The van der Waals surface area contributed by atoms with Crippen molar-refractivity contribution >= 4 is 0 Å². The number of nitrogens with zero attached hydrogens (tertiary/aromatic N) is 1. The number of hydrogen-bond acceptors (Lipinski definition) is 0. The molecule has 0 aromatic carbocycles. The van der Waals surface area contributed by atoms with E-state index in [0.717, 1.165) is 17.5 Å². The Labute approximate surface area is 74.3 Å². The summed E-state index contributed by atoms with van der Waals surface area (Å²) in [6, 6.07) is 0. The molecular formula is C11H15N. The van der Waals surface area contributed by atoms with Crippen molar-refractivity contribution in [3.05, 3.63) is 22.7 Å². The number of hydrogen-bond donors (Lipinski definition) is 0. The highest BCUT2D eigenvalue weighted by atomic mass is 14.7. The average molecular weight is 161 g/mol. The number of rotatable bonds is 0. The van der Waals surface area contributed by atoms with E-state index < -0.39 is 0 Å². The van der Waals surface area contributed by atoms with E-state index in [1.165, 1.54) is 37.7 Å². The van der Waals surface area contributed by atoms with Crippen molar-refractivity contribution in [2.45, 2.75) is 39.0 Å². The molecule has 12 heavy (non-hydrogen) atoms. The Kier molecular flexibility index (Phi) is 1.92. The van der Waals surface area contributed by atoms with Gasteiger partial charge in [-0.05, 0) is 50.9 Å². The molecular weight excluding hydrogens is 146 g/mol. The van der Waals surface area contributed by atoms with Crippen molar-refractivity contribution < 1.29 is 0 Å². The zero-order valence-electron chi connectivity index (χ0n) is 7.64. The molecule has 0 aliphatic heterocycles. The average Bonchev–Trinajstić information content (AvgIpc) is 2.44. The standard InChI is InChI=1S/C11H15N/c1-8(12-2)11-6-9-3-4-10(5-9)7-11/h9-10H,3-7H2,1H3. The molecule has 0 aromatic rings. The molecule has 2 bridgehead atoms. The third-order valence-corrected chi connectivity index (χ3v) is 3.40. The number of allylic oxidation sites excluding steroid dienone is 2. The second kappa shape index (κ2) is 2.94. The minimum atomic E-state index is 0.926. The summed E-state index contributed by atoms with van der Waals surface area (Å²) in [5, 5.41) is 0. The fourth-order valence-corrected chi connectivity index (χ4v) is 2.70. The van der Waals surface area contributed by atoms with Crippen LogP contribution in [0.1, 0.15) is 39.0 Å². The second-order valence-corrected chi connectivity index (χ2v) is 4.25. The van der Waals surface area contributed by atoms with Gasteiger partial charge in [0.2, 0.25) is 0 Å². The molecule has 64 valence electrons. The van der Waals surface area contributed by atoms with E-state index in [-0.39, 0.29) is 0 Å². The zero-order chi connectivity index (χ0) is 8.55. The van der Waals surface area contributed by atoms with Gasteiger partial charge in [-0.2, -0.15) is 0 Å². The molecule has 0 heterocycles. The predicted octanol–water partition coefficient (Wildman–Crippen LogP) is 3.39. The molecule has 2 saturated carbocycles. The van der Waals surface area contributed by atoms with Crippen molar-refractivity contribution in [1.29, 1.82) is 0 Å². The van der Waals surface area contributed by atoms with Crippen LogP contribution in [0, 0.1) is 18.4 Å². The van der Waals surface area contributed by atoms with E-state index >= 15 is 0 Å². The topological polar surface area (TPSA) is 4.36 Å². The molecule has 2 unspecified atom stereocenters. The lowest BCUT2D eigenvalue weighted by molar-refractivity contribution is 0.424.